The van der Waals surface area contributed by atoms with Gasteiger partial charge in [0.1, 0.15) is 11.5 Å². The van der Waals surface area contributed by atoms with Crippen molar-refractivity contribution in [1.29, 1.82) is 0 Å². The molecule has 4 aromatic rings. The molecule has 1 aliphatic heterocycles. The minimum absolute atomic E-state index is 0.0753. The van der Waals surface area contributed by atoms with Gasteiger partial charge in [-0.2, -0.15) is 5.10 Å². The summed E-state index contributed by atoms with van der Waals surface area (Å²) in [5.74, 6) is -0.976. The van der Waals surface area contributed by atoms with Crippen LogP contribution < -0.4 is 0 Å². The van der Waals surface area contributed by atoms with E-state index in [0.717, 1.165) is 22.8 Å². The predicted molar refractivity (Wildman–Crippen MR) is 127 cm³/mol. The standard InChI is InChI=1S/C25H21ClFN5O2/c1-16-19-9-10-22(28-23(19)32(29-16)18-5-3-2-4-6-18)25(34)31-13-11-30(12-14-31)24(33)20-8-7-17(27)15-21(20)26/h2-10,15H,11-14H2,1H3. The Morgan fingerprint density at radius 3 is 2.26 bits per heavy atom. The molecule has 0 N–H and O–H groups in total. The molecule has 0 aliphatic carbocycles. The topological polar surface area (TPSA) is 71.3 Å². The van der Waals surface area contributed by atoms with Crippen LogP contribution in [-0.2, 0) is 0 Å². The van der Waals surface area contributed by atoms with E-state index in [1.54, 1.807) is 20.5 Å². The molecule has 7 nitrogen and oxygen atoms in total. The summed E-state index contributed by atoms with van der Waals surface area (Å²) in [6.45, 7) is 3.33. The molecular weight excluding hydrogens is 457 g/mol. The van der Waals surface area contributed by atoms with Crippen LogP contribution in [-0.4, -0.2) is 62.6 Å². The Morgan fingerprint density at radius 1 is 0.912 bits per heavy atom. The van der Waals surface area contributed by atoms with Gasteiger partial charge in [0.25, 0.3) is 11.8 Å². The maximum absolute atomic E-state index is 13.3. The van der Waals surface area contributed by atoms with Crippen LogP contribution in [0.1, 0.15) is 26.5 Å². The zero-order valence-corrected chi connectivity index (χ0v) is 19.2. The molecule has 3 heterocycles. The summed E-state index contributed by atoms with van der Waals surface area (Å²) in [6.07, 6.45) is 0. The van der Waals surface area contributed by atoms with Gasteiger partial charge >= 0.3 is 0 Å². The number of carbonyl (C=O) groups excluding carboxylic acids is 2. The van der Waals surface area contributed by atoms with Crippen LogP contribution in [0.2, 0.25) is 5.02 Å². The molecule has 1 fully saturated rings. The molecule has 1 aliphatic rings. The van der Waals surface area contributed by atoms with Crippen molar-refractivity contribution < 1.29 is 14.0 Å². The van der Waals surface area contributed by atoms with Crippen LogP contribution in [0.4, 0.5) is 4.39 Å². The quantitative estimate of drug-likeness (QED) is 0.445. The van der Waals surface area contributed by atoms with Gasteiger partial charge in [-0.25, -0.2) is 14.1 Å². The average molecular weight is 478 g/mol. The lowest BCUT2D eigenvalue weighted by Gasteiger charge is -2.34. The van der Waals surface area contributed by atoms with Gasteiger partial charge in [-0.05, 0) is 49.4 Å². The second-order valence-corrected chi connectivity index (χ2v) is 8.52. The number of carbonyl (C=O) groups is 2. The summed E-state index contributed by atoms with van der Waals surface area (Å²) in [5, 5.41) is 5.55. The number of nitrogens with zero attached hydrogens (tertiary/aromatic N) is 5. The molecule has 2 aromatic carbocycles. The Labute approximate surface area is 200 Å². The molecule has 34 heavy (non-hydrogen) atoms. The van der Waals surface area contributed by atoms with Gasteiger partial charge in [0.05, 0.1) is 22.0 Å². The highest BCUT2D eigenvalue weighted by Crippen LogP contribution is 2.22. The van der Waals surface area contributed by atoms with Crippen molar-refractivity contribution in [2.24, 2.45) is 0 Å². The number of rotatable bonds is 3. The van der Waals surface area contributed by atoms with E-state index in [1.807, 2.05) is 43.3 Å². The van der Waals surface area contributed by atoms with E-state index >= 15 is 0 Å². The van der Waals surface area contributed by atoms with Gasteiger partial charge < -0.3 is 9.80 Å². The van der Waals surface area contributed by atoms with Crippen molar-refractivity contribution in [2.75, 3.05) is 26.2 Å². The summed E-state index contributed by atoms with van der Waals surface area (Å²) < 4.78 is 15.1. The summed E-state index contributed by atoms with van der Waals surface area (Å²) in [4.78, 5) is 33.9. The minimum Gasteiger partial charge on any atom is -0.335 e. The molecule has 2 aromatic heterocycles. The van der Waals surface area contributed by atoms with Crippen molar-refractivity contribution >= 4 is 34.4 Å². The zero-order valence-electron chi connectivity index (χ0n) is 18.4. The lowest BCUT2D eigenvalue weighted by Crippen LogP contribution is -2.50. The fourth-order valence-electron chi connectivity index (χ4n) is 4.12. The number of benzene rings is 2. The van der Waals surface area contributed by atoms with Crippen LogP contribution in [0.5, 0.6) is 0 Å². The molecule has 0 unspecified atom stereocenters. The van der Waals surface area contributed by atoms with E-state index in [-0.39, 0.29) is 22.4 Å². The fraction of sp³-hybridized carbons (Fsp3) is 0.200. The zero-order chi connectivity index (χ0) is 23.8. The van der Waals surface area contributed by atoms with E-state index in [0.29, 0.717) is 37.5 Å². The lowest BCUT2D eigenvalue weighted by molar-refractivity contribution is 0.0532. The third kappa shape index (κ3) is 4.01. The van der Waals surface area contributed by atoms with Gasteiger partial charge in [0, 0.05) is 31.6 Å². The second-order valence-electron chi connectivity index (χ2n) is 8.11. The van der Waals surface area contributed by atoms with E-state index in [1.165, 1.54) is 12.1 Å². The maximum Gasteiger partial charge on any atom is 0.272 e. The van der Waals surface area contributed by atoms with Crippen molar-refractivity contribution in [1.82, 2.24) is 24.6 Å². The Balaban J connectivity index is 1.34. The first-order valence-electron chi connectivity index (χ1n) is 10.9. The van der Waals surface area contributed by atoms with Crippen LogP contribution in [0.25, 0.3) is 16.7 Å². The van der Waals surface area contributed by atoms with Crippen molar-refractivity contribution in [3.05, 3.63) is 88.5 Å². The third-order valence-electron chi connectivity index (χ3n) is 5.95. The third-order valence-corrected chi connectivity index (χ3v) is 6.26. The van der Waals surface area contributed by atoms with Gasteiger partial charge in [-0.15, -0.1) is 0 Å². The normalized spacial score (nSPS) is 14.0. The number of fused-ring (bicyclic) bond motifs is 1. The van der Waals surface area contributed by atoms with E-state index in [2.05, 4.69) is 10.1 Å². The summed E-state index contributed by atoms with van der Waals surface area (Å²) in [6, 6.07) is 16.9. The maximum atomic E-state index is 13.3. The Bertz CT molecular complexity index is 1400. The highest BCUT2D eigenvalue weighted by Gasteiger charge is 2.27. The molecule has 0 saturated carbocycles. The lowest BCUT2D eigenvalue weighted by atomic mass is 10.1. The number of piperazine rings is 1. The SMILES string of the molecule is Cc1nn(-c2ccccc2)c2nc(C(=O)N3CCN(C(=O)c4ccc(F)cc4Cl)CC3)ccc12. The fourth-order valence-corrected chi connectivity index (χ4v) is 4.37. The summed E-state index contributed by atoms with van der Waals surface area (Å²) in [5.41, 5.74) is 2.89. The van der Waals surface area contributed by atoms with Crippen molar-refractivity contribution in [2.45, 2.75) is 6.92 Å². The number of halogens is 2. The number of hydrogen-bond acceptors (Lipinski definition) is 4. The number of para-hydroxylation sites is 1. The molecule has 0 atom stereocenters. The smallest absolute Gasteiger partial charge is 0.272 e. The van der Waals surface area contributed by atoms with Crippen molar-refractivity contribution in [3.63, 3.8) is 0 Å². The molecule has 9 heteroatoms. The van der Waals surface area contributed by atoms with Crippen LogP contribution >= 0.6 is 11.6 Å². The predicted octanol–water partition coefficient (Wildman–Crippen LogP) is 4.12. The first-order chi connectivity index (χ1) is 16.4. The Morgan fingerprint density at radius 2 is 1.59 bits per heavy atom. The molecule has 2 amide bonds. The average Bonchev–Trinajstić information content (AvgIpc) is 3.19. The van der Waals surface area contributed by atoms with Gasteiger partial charge in [0.2, 0.25) is 0 Å². The number of aryl methyl sites for hydroxylation is 1. The first-order valence-corrected chi connectivity index (χ1v) is 11.3. The molecule has 0 spiro atoms. The van der Waals surface area contributed by atoms with Gasteiger partial charge in [-0.1, -0.05) is 29.8 Å². The van der Waals surface area contributed by atoms with E-state index in [4.69, 9.17) is 11.6 Å². The van der Waals surface area contributed by atoms with Crippen LogP contribution in [0, 0.1) is 12.7 Å². The Hall–Kier alpha value is -3.78. The molecule has 172 valence electrons. The van der Waals surface area contributed by atoms with Crippen molar-refractivity contribution in [3.8, 4) is 5.69 Å². The van der Waals surface area contributed by atoms with Gasteiger partial charge in [0.15, 0.2) is 5.65 Å². The van der Waals surface area contributed by atoms with Crippen LogP contribution in [0.15, 0.2) is 60.7 Å². The monoisotopic (exact) mass is 477 g/mol. The van der Waals surface area contributed by atoms with E-state index < -0.39 is 5.82 Å². The summed E-state index contributed by atoms with van der Waals surface area (Å²) >= 11 is 6.04. The molecule has 0 bridgehead atoms. The molecule has 0 radical (unpaired) electrons. The highest BCUT2D eigenvalue weighted by molar-refractivity contribution is 6.33. The molecular formula is C25H21ClFN5O2. The number of aromatic nitrogens is 3. The van der Waals surface area contributed by atoms with Crippen LogP contribution in [0.3, 0.4) is 0 Å². The molecule has 1 saturated heterocycles. The highest BCUT2D eigenvalue weighted by atomic mass is 35.5. The van der Waals surface area contributed by atoms with Gasteiger partial charge in [-0.3, -0.25) is 9.59 Å². The molecule has 5 rings (SSSR count). The Kier molecular flexibility index (Phi) is 5.75. The summed E-state index contributed by atoms with van der Waals surface area (Å²) in [7, 11) is 0. The number of amides is 2. The number of hydrogen-bond donors (Lipinski definition) is 0. The minimum atomic E-state index is -0.495. The second kappa shape index (κ2) is 8.87. The van der Waals surface area contributed by atoms with E-state index in [9.17, 15) is 14.0 Å². The largest absolute Gasteiger partial charge is 0.335 e. The first kappa shape index (κ1) is 22.0. The number of pyridine rings is 1.